The molecule has 0 fully saturated rings. The van der Waals surface area contributed by atoms with Crippen LogP contribution in [-0.2, 0) is 5.75 Å². The third kappa shape index (κ3) is 3.77. The molecule has 5 rings (SSSR count). The molecule has 0 atom stereocenters. The van der Waals surface area contributed by atoms with Gasteiger partial charge in [0.2, 0.25) is 0 Å². The maximum atomic E-state index is 14.4. The first-order valence-corrected chi connectivity index (χ1v) is 11.6. The molecule has 0 aliphatic rings. The summed E-state index contributed by atoms with van der Waals surface area (Å²) in [7, 11) is 1.56. The first-order chi connectivity index (χ1) is 16.0. The fourth-order valence-corrected chi connectivity index (χ4v) is 5.18. The Kier molecular flexibility index (Phi) is 5.60. The molecule has 0 amide bonds. The molecule has 2 aromatic heterocycles. The van der Waals surface area contributed by atoms with Crippen LogP contribution in [0.3, 0.4) is 0 Å². The number of nitrogens with zero attached hydrogens (tertiary/aromatic N) is 2. The van der Waals surface area contributed by atoms with Gasteiger partial charge in [-0.3, -0.25) is 4.79 Å². The lowest BCUT2D eigenvalue weighted by Gasteiger charge is -2.16. The fraction of sp³-hybridized carbons (Fsp3) is 0.120. The second-order valence-electron chi connectivity index (χ2n) is 7.59. The summed E-state index contributed by atoms with van der Waals surface area (Å²) in [6.07, 6.45) is 0. The number of aromatic amines is 1. The van der Waals surface area contributed by atoms with Crippen molar-refractivity contribution in [2.75, 3.05) is 7.11 Å². The van der Waals surface area contributed by atoms with E-state index >= 15 is 0 Å². The molecule has 8 heteroatoms. The Balaban J connectivity index is 1.77. The number of hydrogen-bond donors (Lipinski definition) is 1. The van der Waals surface area contributed by atoms with Crippen LogP contribution in [0, 0.1) is 12.7 Å². The summed E-state index contributed by atoms with van der Waals surface area (Å²) in [4.78, 5) is 21.8. The van der Waals surface area contributed by atoms with Crippen molar-refractivity contribution in [3.63, 3.8) is 0 Å². The predicted octanol–water partition coefficient (Wildman–Crippen LogP) is 6.27. The van der Waals surface area contributed by atoms with E-state index in [4.69, 9.17) is 21.3 Å². The number of aromatic nitrogens is 3. The Morgan fingerprint density at radius 1 is 1.15 bits per heavy atom. The smallest absolute Gasteiger partial charge is 0.283 e. The SMILES string of the molecule is COc1ccc(C)cc1-n1c(SCc2c(F)cccc2Cl)nc2c([nH]c3ccccc32)c1=O. The number of benzene rings is 3. The number of thioether (sulfide) groups is 1. The summed E-state index contributed by atoms with van der Waals surface area (Å²) in [5.41, 5.74) is 3.41. The quantitative estimate of drug-likeness (QED) is 0.238. The lowest BCUT2D eigenvalue weighted by molar-refractivity contribution is 0.411. The second kappa shape index (κ2) is 8.57. The van der Waals surface area contributed by atoms with Gasteiger partial charge in [-0.25, -0.2) is 13.9 Å². The molecule has 0 spiro atoms. The van der Waals surface area contributed by atoms with Gasteiger partial charge in [0.05, 0.1) is 12.8 Å². The third-order valence-corrected chi connectivity index (χ3v) is 6.80. The maximum Gasteiger partial charge on any atom is 0.283 e. The Bertz CT molecular complexity index is 1560. The van der Waals surface area contributed by atoms with E-state index in [0.29, 0.717) is 38.2 Å². The van der Waals surface area contributed by atoms with Gasteiger partial charge in [-0.05, 0) is 42.8 Å². The van der Waals surface area contributed by atoms with E-state index in [1.165, 1.54) is 22.4 Å². The summed E-state index contributed by atoms with van der Waals surface area (Å²) in [6.45, 7) is 1.94. The Morgan fingerprint density at radius 3 is 2.76 bits per heavy atom. The van der Waals surface area contributed by atoms with Crippen molar-refractivity contribution in [1.82, 2.24) is 14.5 Å². The number of rotatable bonds is 5. The highest BCUT2D eigenvalue weighted by Gasteiger charge is 2.20. The average molecular weight is 480 g/mol. The van der Waals surface area contributed by atoms with Crippen molar-refractivity contribution in [2.24, 2.45) is 0 Å². The number of nitrogens with one attached hydrogen (secondary N) is 1. The molecule has 3 aromatic carbocycles. The van der Waals surface area contributed by atoms with Crippen LogP contribution >= 0.6 is 23.4 Å². The van der Waals surface area contributed by atoms with Crippen molar-refractivity contribution in [3.05, 3.63) is 93.0 Å². The van der Waals surface area contributed by atoms with Crippen molar-refractivity contribution >= 4 is 45.3 Å². The minimum absolute atomic E-state index is 0.208. The Labute approximate surface area is 198 Å². The summed E-state index contributed by atoms with van der Waals surface area (Å²) in [6, 6.07) is 17.8. The van der Waals surface area contributed by atoms with Gasteiger partial charge < -0.3 is 9.72 Å². The topological polar surface area (TPSA) is 59.9 Å². The van der Waals surface area contributed by atoms with Gasteiger partial charge in [0.15, 0.2) is 5.16 Å². The summed E-state index contributed by atoms with van der Waals surface area (Å²) >= 11 is 7.49. The molecule has 5 aromatic rings. The number of hydrogen-bond acceptors (Lipinski definition) is 4. The van der Waals surface area contributed by atoms with E-state index < -0.39 is 5.82 Å². The van der Waals surface area contributed by atoms with Crippen molar-refractivity contribution in [1.29, 1.82) is 0 Å². The van der Waals surface area contributed by atoms with E-state index in [-0.39, 0.29) is 11.3 Å². The minimum atomic E-state index is -0.398. The molecule has 0 unspecified atom stereocenters. The standard InChI is InChI=1S/C25H19ClFN3O2S/c1-14-10-11-21(32-2)20(12-14)30-24(31)23-22(15-6-3-4-9-19(15)28-23)29-25(30)33-13-16-17(26)7-5-8-18(16)27/h3-12,28H,13H2,1-2H3. The molecule has 5 nitrogen and oxygen atoms in total. The lowest BCUT2D eigenvalue weighted by Crippen LogP contribution is -2.22. The molecule has 0 bridgehead atoms. The van der Waals surface area contributed by atoms with Crippen LogP contribution in [0.1, 0.15) is 11.1 Å². The number of para-hydroxylation sites is 1. The first kappa shape index (κ1) is 21.6. The fourth-order valence-electron chi connectivity index (χ4n) is 3.83. The molecular weight excluding hydrogens is 461 g/mol. The number of methoxy groups -OCH3 is 1. The van der Waals surface area contributed by atoms with Crippen LogP contribution in [0.2, 0.25) is 5.02 Å². The van der Waals surface area contributed by atoms with Gasteiger partial charge in [-0.15, -0.1) is 0 Å². The normalized spacial score (nSPS) is 11.4. The minimum Gasteiger partial charge on any atom is -0.495 e. The van der Waals surface area contributed by atoms with Crippen LogP contribution in [0.25, 0.3) is 27.6 Å². The first-order valence-electron chi connectivity index (χ1n) is 10.2. The molecule has 0 aliphatic carbocycles. The maximum absolute atomic E-state index is 14.4. The average Bonchev–Trinajstić information content (AvgIpc) is 3.18. The van der Waals surface area contributed by atoms with Crippen molar-refractivity contribution < 1.29 is 9.13 Å². The summed E-state index contributed by atoms with van der Waals surface area (Å²) in [5, 5.41) is 1.59. The highest BCUT2D eigenvalue weighted by atomic mass is 35.5. The van der Waals surface area contributed by atoms with Crippen LogP contribution in [0.4, 0.5) is 4.39 Å². The van der Waals surface area contributed by atoms with Crippen LogP contribution < -0.4 is 10.3 Å². The monoisotopic (exact) mass is 479 g/mol. The molecule has 1 N–H and O–H groups in total. The van der Waals surface area contributed by atoms with E-state index in [9.17, 15) is 9.18 Å². The van der Waals surface area contributed by atoms with Crippen LogP contribution in [-0.4, -0.2) is 21.6 Å². The zero-order valence-corrected chi connectivity index (χ0v) is 19.4. The van der Waals surface area contributed by atoms with Gasteiger partial charge in [0.1, 0.15) is 22.6 Å². The molecular formula is C25H19ClFN3O2S. The lowest BCUT2D eigenvalue weighted by atomic mass is 10.2. The summed E-state index contributed by atoms with van der Waals surface area (Å²) < 4.78 is 21.5. The Morgan fingerprint density at radius 2 is 1.97 bits per heavy atom. The highest BCUT2D eigenvalue weighted by Crippen LogP contribution is 2.33. The van der Waals surface area contributed by atoms with E-state index in [1.54, 1.807) is 19.2 Å². The van der Waals surface area contributed by atoms with Gasteiger partial charge in [-0.1, -0.05) is 53.7 Å². The summed E-state index contributed by atoms with van der Waals surface area (Å²) in [5.74, 6) is 0.343. The van der Waals surface area contributed by atoms with Crippen LogP contribution in [0.15, 0.2) is 70.6 Å². The number of H-pyrrole nitrogens is 1. The molecule has 0 aliphatic heterocycles. The zero-order valence-electron chi connectivity index (χ0n) is 17.9. The Hall–Kier alpha value is -3.29. The molecule has 2 heterocycles. The van der Waals surface area contributed by atoms with Gasteiger partial charge >= 0.3 is 0 Å². The largest absolute Gasteiger partial charge is 0.495 e. The molecule has 0 saturated heterocycles. The van der Waals surface area contributed by atoms with E-state index in [2.05, 4.69) is 4.98 Å². The zero-order chi connectivity index (χ0) is 23.1. The van der Waals surface area contributed by atoms with Crippen molar-refractivity contribution in [3.8, 4) is 11.4 Å². The second-order valence-corrected chi connectivity index (χ2v) is 8.94. The highest BCUT2D eigenvalue weighted by molar-refractivity contribution is 7.98. The number of aryl methyl sites for hydroxylation is 1. The van der Waals surface area contributed by atoms with E-state index in [0.717, 1.165) is 16.5 Å². The van der Waals surface area contributed by atoms with E-state index in [1.807, 2.05) is 49.4 Å². The third-order valence-electron chi connectivity index (χ3n) is 5.48. The van der Waals surface area contributed by atoms with Crippen LogP contribution in [0.5, 0.6) is 5.75 Å². The molecule has 33 heavy (non-hydrogen) atoms. The number of fused-ring (bicyclic) bond motifs is 3. The predicted molar refractivity (Wildman–Crippen MR) is 131 cm³/mol. The molecule has 0 radical (unpaired) electrons. The number of halogens is 2. The molecule has 166 valence electrons. The number of ether oxygens (including phenoxy) is 1. The van der Waals surface area contributed by atoms with Gasteiger partial charge in [-0.2, -0.15) is 0 Å². The van der Waals surface area contributed by atoms with Gasteiger partial charge in [0.25, 0.3) is 5.56 Å². The van der Waals surface area contributed by atoms with Gasteiger partial charge in [0, 0.05) is 27.2 Å². The molecule has 0 saturated carbocycles. The van der Waals surface area contributed by atoms with Crippen molar-refractivity contribution in [2.45, 2.75) is 17.8 Å².